The maximum Gasteiger partial charge on any atom is 0.321 e. The van der Waals surface area contributed by atoms with Crippen molar-refractivity contribution in [2.75, 3.05) is 6.54 Å². The predicted molar refractivity (Wildman–Crippen MR) is 115 cm³/mol. The molecule has 29 heavy (non-hydrogen) atoms. The number of nitrogens with one attached hydrogen (secondary N) is 2. The molecule has 0 aliphatic carbocycles. The van der Waals surface area contributed by atoms with Crippen LogP contribution < -0.4 is 16.2 Å². The molecule has 0 spiro atoms. The zero-order valence-electron chi connectivity index (χ0n) is 16.4. The summed E-state index contributed by atoms with van der Waals surface area (Å²) in [5, 5.41) is 5.06. The second kappa shape index (κ2) is 8.91. The van der Waals surface area contributed by atoms with Crippen LogP contribution in [0.1, 0.15) is 19.4 Å². The number of thioether (sulfide) groups is 1. The lowest BCUT2D eigenvalue weighted by Gasteiger charge is -2.16. The Bertz CT molecular complexity index is 1130. The van der Waals surface area contributed by atoms with Crippen LogP contribution in [0.2, 0.25) is 0 Å². The summed E-state index contributed by atoms with van der Waals surface area (Å²) in [7, 11) is 0. The first-order valence-electron chi connectivity index (χ1n) is 9.25. The number of aromatic nitrogens is 2. The number of rotatable bonds is 5. The van der Waals surface area contributed by atoms with E-state index in [-0.39, 0.29) is 5.56 Å². The summed E-state index contributed by atoms with van der Waals surface area (Å²) in [6, 6.07) is 14.1. The van der Waals surface area contributed by atoms with Crippen LogP contribution in [0.5, 0.6) is 0 Å². The first kappa shape index (κ1) is 20.6. The first-order valence-corrected chi connectivity index (χ1v) is 10.1. The molecule has 1 aromatic heterocycles. The van der Waals surface area contributed by atoms with Gasteiger partial charge >= 0.3 is 6.03 Å². The van der Waals surface area contributed by atoms with E-state index >= 15 is 0 Å². The van der Waals surface area contributed by atoms with Crippen LogP contribution >= 0.6 is 11.8 Å². The molecule has 2 aromatic carbocycles. The van der Waals surface area contributed by atoms with Crippen molar-refractivity contribution >= 4 is 34.6 Å². The molecule has 0 radical (unpaired) electrons. The highest BCUT2D eigenvalue weighted by molar-refractivity contribution is 8.00. The Morgan fingerprint density at radius 2 is 1.93 bits per heavy atom. The normalized spacial score (nSPS) is 11.8. The Kier molecular flexibility index (Phi) is 6.33. The standard InChI is InChI=1S/C21H22N4O3S/c1-4-22-20(28)24-18(26)14(3)29-21-23-17-11-6-5-10-16(17)19(27)25(21)15-9-7-8-13(2)12-15/h5-12,14H,4H2,1-3H3,(H2,22,24,26,28)/t14-/m0/s1. The van der Waals surface area contributed by atoms with Gasteiger partial charge in [-0.3, -0.25) is 19.5 Å². The number of carbonyl (C=O) groups is 2. The van der Waals surface area contributed by atoms with E-state index in [0.717, 1.165) is 17.3 Å². The van der Waals surface area contributed by atoms with Crippen molar-refractivity contribution < 1.29 is 9.59 Å². The van der Waals surface area contributed by atoms with Gasteiger partial charge in [-0.05, 0) is 50.6 Å². The van der Waals surface area contributed by atoms with Crippen LogP contribution in [0, 0.1) is 6.92 Å². The Hall–Kier alpha value is -3.13. The molecule has 7 nitrogen and oxygen atoms in total. The smallest absolute Gasteiger partial charge is 0.321 e. The molecule has 1 atom stereocenters. The largest absolute Gasteiger partial charge is 0.338 e. The van der Waals surface area contributed by atoms with E-state index in [1.807, 2.05) is 37.3 Å². The van der Waals surface area contributed by atoms with Crippen LogP contribution in [-0.4, -0.2) is 33.3 Å². The van der Waals surface area contributed by atoms with Gasteiger partial charge in [0.2, 0.25) is 5.91 Å². The number of urea groups is 1. The van der Waals surface area contributed by atoms with Crippen molar-refractivity contribution in [3.8, 4) is 5.69 Å². The fourth-order valence-corrected chi connectivity index (χ4v) is 3.74. The topological polar surface area (TPSA) is 93.1 Å². The molecule has 3 amide bonds. The van der Waals surface area contributed by atoms with Crippen molar-refractivity contribution in [1.82, 2.24) is 20.2 Å². The molecular weight excluding hydrogens is 388 g/mol. The van der Waals surface area contributed by atoms with Crippen molar-refractivity contribution in [2.24, 2.45) is 0 Å². The third kappa shape index (κ3) is 4.65. The summed E-state index contributed by atoms with van der Waals surface area (Å²) in [6.45, 7) is 5.79. The second-order valence-electron chi connectivity index (χ2n) is 6.50. The number of hydrogen-bond donors (Lipinski definition) is 2. The molecular formula is C21H22N4O3S. The average molecular weight is 410 g/mol. The SMILES string of the molecule is CCNC(=O)NC(=O)[C@H](C)Sc1nc2ccccc2c(=O)n1-c1cccc(C)c1. The van der Waals surface area contributed by atoms with Gasteiger partial charge in [-0.1, -0.05) is 36.0 Å². The van der Waals surface area contributed by atoms with Crippen molar-refractivity contribution in [1.29, 1.82) is 0 Å². The summed E-state index contributed by atoms with van der Waals surface area (Å²) in [6.07, 6.45) is 0. The lowest BCUT2D eigenvalue weighted by atomic mass is 10.2. The summed E-state index contributed by atoms with van der Waals surface area (Å²) in [5.41, 5.74) is 2.02. The van der Waals surface area contributed by atoms with Crippen LogP contribution in [-0.2, 0) is 4.79 Å². The first-order chi connectivity index (χ1) is 13.9. The van der Waals surface area contributed by atoms with Crippen molar-refractivity contribution in [2.45, 2.75) is 31.2 Å². The fourth-order valence-electron chi connectivity index (χ4n) is 2.82. The van der Waals surface area contributed by atoms with Gasteiger partial charge in [0.1, 0.15) is 0 Å². The summed E-state index contributed by atoms with van der Waals surface area (Å²) in [4.78, 5) is 41.9. The van der Waals surface area contributed by atoms with E-state index in [4.69, 9.17) is 0 Å². The molecule has 1 heterocycles. The minimum atomic E-state index is -0.637. The highest BCUT2D eigenvalue weighted by Crippen LogP contribution is 2.25. The fraction of sp³-hybridized carbons (Fsp3) is 0.238. The third-order valence-corrected chi connectivity index (χ3v) is 5.28. The number of carbonyl (C=O) groups excluding carboxylic acids is 2. The summed E-state index contributed by atoms with van der Waals surface area (Å²) in [5.74, 6) is -0.459. The van der Waals surface area contributed by atoms with Gasteiger partial charge < -0.3 is 5.32 Å². The van der Waals surface area contributed by atoms with Gasteiger partial charge in [0.15, 0.2) is 5.16 Å². The number of aryl methyl sites for hydroxylation is 1. The Morgan fingerprint density at radius 3 is 2.66 bits per heavy atom. The molecule has 8 heteroatoms. The number of imide groups is 1. The number of fused-ring (bicyclic) bond motifs is 1. The van der Waals surface area contributed by atoms with E-state index in [9.17, 15) is 14.4 Å². The minimum absolute atomic E-state index is 0.208. The highest BCUT2D eigenvalue weighted by Gasteiger charge is 2.21. The third-order valence-electron chi connectivity index (χ3n) is 4.23. The van der Waals surface area contributed by atoms with E-state index in [1.165, 1.54) is 4.57 Å². The van der Waals surface area contributed by atoms with Crippen molar-refractivity contribution in [3.63, 3.8) is 0 Å². The zero-order valence-corrected chi connectivity index (χ0v) is 17.2. The van der Waals surface area contributed by atoms with Gasteiger partial charge in [0.05, 0.1) is 21.8 Å². The van der Waals surface area contributed by atoms with Crippen LogP contribution in [0.3, 0.4) is 0 Å². The zero-order chi connectivity index (χ0) is 21.0. The van der Waals surface area contributed by atoms with Crippen LogP contribution in [0.15, 0.2) is 58.5 Å². The van der Waals surface area contributed by atoms with Crippen LogP contribution in [0.25, 0.3) is 16.6 Å². The molecule has 0 bridgehead atoms. The van der Waals surface area contributed by atoms with Gasteiger partial charge in [-0.25, -0.2) is 9.78 Å². The maximum absolute atomic E-state index is 13.2. The molecule has 0 aliphatic heterocycles. The van der Waals surface area contributed by atoms with E-state index in [2.05, 4.69) is 15.6 Å². The molecule has 150 valence electrons. The number of nitrogens with zero attached hydrogens (tertiary/aromatic N) is 2. The number of benzene rings is 2. The highest BCUT2D eigenvalue weighted by atomic mass is 32.2. The van der Waals surface area contributed by atoms with Gasteiger partial charge in [0, 0.05) is 6.54 Å². The number of amides is 3. The quantitative estimate of drug-likeness (QED) is 0.498. The van der Waals surface area contributed by atoms with Crippen LogP contribution in [0.4, 0.5) is 4.79 Å². The molecule has 3 rings (SSSR count). The molecule has 3 aromatic rings. The lowest BCUT2D eigenvalue weighted by molar-refractivity contribution is -0.119. The maximum atomic E-state index is 13.2. The average Bonchev–Trinajstić information content (AvgIpc) is 2.68. The number of hydrogen-bond acceptors (Lipinski definition) is 5. The minimum Gasteiger partial charge on any atom is -0.338 e. The molecule has 0 fully saturated rings. The predicted octanol–water partition coefficient (Wildman–Crippen LogP) is 3.02. The molecule has 0 saturated heterocycles. The second-order valence-corrected chi connectivity index (χ2v) is 7.81. The summed E-state index contributed by atoms with van der Waals surface area (Å²) < 4.78 is 1.51. The molecule has 0 aliphatic rings. The Morgan fingerprint density at radius 1 is 1.17 bits per heavy atom. The Labute approximate surface area is 172 Å². The van der Waals surface area contributed by atoms with E-state index in [0.29, 0.717) is 28.3 Å². The molecule has 0 saturated carbocycles. The van der Waals surface area contributed by atoms with Gasteiger partial charge in [-0.2, -0.15) is 0 Å². The monoisotopic (exact) mass is 410 g/mol. The van der Waals surface area contributed by atoms with Gasteiger partial charge in [-0.15, -0.1) is 0 Å². The van der Waals surface area contributed by atoms with Crippen molar-refractivity contribution in [3.05, 3.63) is 64.4 Å². The lowest BCUT2D eigenvalue weighted by Crippen LogP contribution is -2.42. The number of para-hydroxylation sites is 1. The molecule has 0 unspecified atom stereocenters. The Balaban J connectivity index is 2.04. The molecule has 2 N–H and O–H groups in total. The van der Waals surface area contributed by atoms with Gasteiger partial charge in [0.25, 0.3) is 5.56 Å². The van der Waals surface area contributed by atoms with E-state index in [1.54, 1.807) is 32.0 Å². The summed E-state index contributed by atoms with van der Waals surface area (Å²) >= 11 is 1.13. The van der Waals surface area contributed by atoms with E-state index < -0.39 is 17.2 Å².